The summed E-state index contributed by atoms with van der Waals surface area (Å²) in [7, 11) is 0. The summed E-state index contributed by atoms with van der Waals surface area (Å²) in [6.45, 7) is 1.87. The lowest BCUT2D eigenvalue weighted by Gasteiger charge is -2.04. The normalized spacial score (nSPS) is 28.9. The number of nitrogens with two attached hydrogens (primary N) is 1. The van der Waals surface area contributed by atoms with Crippen LogP contribution < -0.4 is 5.73 Å². The van der Waals surface area contributed by atoms with Crippen molar-refractivity contribution in [3.05, 3.63) is 29.3 Å². The van der Waals surface area contributed by atoms with E-state index in [2.05, 4.69) is 0 Å². The van der Waals surface area contributed by atoms with E-state index in [1.54, 1.807) is 18.2 Å². The first-order valence-electron chi connectivity index (χ1n) is 4.43. The standard InChI is InChI=1S/C10H13NO3/c1-5-2-3-6(4-7(5)11)8-9(12)10(8,13)14/h2-4,8-9,12-14H,11H2,1H3/t8-,9+/m0/s1. The van der Waals surface area contributed by atoms with Crippen molar-refractivity contribution in [3.63, 3.8) is 0 Å². The zero-order valence-electron chi connectivity index (χ0n) is 7.81. The van der Waals surface area contributed by atoms with Gasteiger partial charge in [0.15, 0.2) is 5.79 Å². The van der Waals surface area contributed by atoms with Gasteiger partial charge in [0.05, 0.1) is 5.92 Å². The Morgan fingerprint density at radius 2 is 1.93 bits per heavy atom. The minimum absolute atomic E-state index is 0.595. The molecule has 0 unspecified atom stereocenters. The van der Waals surface area contributed by atoms with Crippen LogP contribution in [0.25, 0.3) is 0 Å². The molecule has 2 rings (SSSR count). The fourth-order valence-corrected chi connectivity index (χ4v) is 1.62. The highest BCUT2D eigenvalue weighted by Gasteiger charge is 2.64. The average Bonchev–Trinajstić information content (AvgIpc) is 2.58. The van der Waals surface area contributed by atoms with Gasteiger partial charge in [-0.15, -0.1) is 0 Å². The summed E-state index contributed by atoms with van der Waals surface area (Å²) in [5.74, 6) is -2.62. The minimum Gasteiger partial charge on any atom is -0.399 e. The number of hydrogen-bond acceptors (Lipinski definition) is 4. The molecular weight excluding hydrogens is 182 g/mol. The second kappa shape index (κ2) is 2.70. The summed E-state index contributed by atoms with van der Waals surface area (Å²) in [5, 5.41) is 27.7. The molecule has 76 valence electrons. The van der Waals surface area contributed by atoms with Crippen molar-refractivity contribution in [2.75, 3.05) is 5.73 Å². The first-order valence-corrected chi connectivity index (χ1v) is 4.43. The predicted octanol–water partition coefficient (Wildman–Crippen LogP) is -0.284. The minimum atomic E-state index is -1.98. The number of rotatable bonds is 1. The van der Waals surface area contributed by atoms with Gasteiger partial charge in [-0.2, -0.15) is 0 Å². The Morgan fingerprint density at radius 3 is 2.36 bits per heavy atom. The van der Waals surface area contributed by atoms with Crippen LogP contribution in [0.2, 0.25) is 0 Å². The third-order valence-corrected chi connectivity index (χ3v) is 2.76. The Morgan fingerprint density at radius 1 is 1.36 bits per heavy atom. The van der Waals surface area contributed by atoms with E-state index >= 15 is 0 Å². The van der Waals surface area contributed by atoms with Gasteiger partial charge in [0.1, 0.15) is 6.10 Å². The number of hydrogen-bond donors (Lipinski definition) is 4. The Bertz CT molecular complexity index is 376. The topological polar surface area (TPSA) is 86.7 Å². The van der Waals surface area contributed by atoms with E-state index < -0.39 is 17.8 Å². The van der Waals surface area contributed by atoms with Crippen LogP contribution in [0.15, 0.2) is 18.2 Å². The molecule has 1 saturated carbocycles. The van der Waals surface area contributed by atoms with Crippen molar-refractivity contribution >= 4 is 5.69 Å². The van der Waals surface area contributed by atoms with Crippen molar-refractivity contribution in [2.45, 2.75) is 24.7 Å². The van der Waals surface area contributed by atoms with E-state index in [1.165, 1.54) is 0 Å². The van der Waals surface area contributed by atoms with Gasteiger partial charge in [-0.05, 0) is 24.1 Å². The fourth-order valence-electron chi connectivity index (χ4n) is 1.62. The highest BCUT2D eigenvalue weighted by atomic mass is 16.5. The number of anilines is 1. The molecule has 0 radical (unpaired) electrons. The second-order valence-electron chi connectivity index (χ2n) is 3.82. The molecule has 1 aromatic carbocycles. The lowest BCUT2D eigenvalue weighted by Crippen LogP contribution is -2.12. The Balaban J connectivity index is 2.32. The first kappa shape index (κ1) is 9.45. The van der Waals surface area contributed by atoms with Crippen molar-refractivity contribution < 1.29 is 15.3 Å². The molecule has 1 aliphatic carbocycles. The monoisotopic (exact) mass is 195 g/mol. The smallest absolute Gasteiger partial charge is 0.200 e. The number of aliphatic hydroxyl groups excluding tert-OH is 1. The van der Waals surface area contributed by atoms with Crippen LogP contribution in [0.5, 0.6) is 0 Å². The lowest BCUT2D eigenvalue weighted by atomic mass is 10.1. The molecule has 0 amide bonds. The van der Waals surface area contributed by atoms with Crippen LogP contribution in [-0.4, -0.2) is 27.2 Å². The molecule has 14 heavy (non-hydrogen) atoms. The van der Waals surface area contributed by atoms with Gasteiger partial charge in [0.25, 0.3) is 0 Å². The van der Waals surface area contributed by atoms with Gasteiger partial charge < -0.3 is 21.1 Å². The quantitative estimate of drug-likeness (QED) is 0.366. The summed E-state index contributed by atoms with van der Waals surface area (Å²) >= 11 is 0. The first-order chi connectivity index (χ1) is 6.44. The van der Waals surface area contributed by atoms with Crippen LogP contribution in [0.3, 0.4) is 0 Å². The van der Waals surface area contributed by atoms with E-state index in [9.17, 15) is 15.3 Å². The molecule has 0 saturated heterocycles. The van der Waals surface area contributed by atoms with Gasteiger partial charge in [0, 0.05) is 5.69 Å². The fraction of sp³-hybridized carbons (Fsp3) is 0.400. The number of aliphatic hydroxyl groups is 3. The molecule has 0 spiro atoms. The lowest BCUT2D eigenvalue weighted by molar-refractivity contribution is -0.101. The largest absolute Gasteiger partial charge is 0.399 e. The number of aryl methyl sites for hydroxylation is 1. The Labute approximate surface area is 81.6 Å². The maximum atomic E-state index is 9.24. The molecular formula is C10H13NO3. The van der Waals surface area contributed by atoms with Crippen LogP contribution in [0, 0.1) is 6.92 Å². The molecule has 4 nitrogen and oxygen atoms in total. The third-order valence-electron chi connectivity index (χ3n) is 2.76. The third kappa shape index (κ3) is 1.19. The summed E-state index contributed by atoms with van der Waals surface area (Å²) < 4.78 is 0. The van der Waals surface area contributed by atoms with Crippen molar-refractivity contribution in [1.82, 2.24) is 0 Å². The Hall–Kier alpha value is -1.10. The van der Waals surface area contributed by atoms with E-state index in [0.29, 0.717) is 11.3 Å². The highest BCUT2D eigenvalue weighted by molar-refractivity contribution is 5.51. The van der Waals surface area contributed by atoms with E-state index in [1.807, 2.05) is 6.92 Å². The van der Waals surface area contributed by atoms with Crippen LogP contribution in [-0.2, 0) is 0 Å². The van der Waals surface area contributed by atoms with Crippen LogP contribution in [0.4, 0.5) is 5.69 Å². The zero-order chi connectivity index (χ0) is 10.5. The summed E-state index contributed by atoms with van der Waals surface area (Å²) in [6.07, 6.45) is -1.11. The van der Waals surface area contributed by atoms with E-state index in [-0.39, 0.29) is 0 Å². The van der Waals surface area contributed by atoms with Crippen molar-refractivity contribution in [1.29, 1.82) is 0 Å². The molecule has 4 heteroatoms. The number of nitrogen functional groups attached to an aromatic ring is 1. The number of benzene rings is 1. The maximum Gasteiger partial charge on any atom is 0.200 e. The zero-order valence-corrected chi connectivity index (χ0v) is 7.81. The van der Waals surface area contributed by atoms with Crippen molar-refractivity contribution in [3.8, 4) is 0 Å². The van der Waals surface area contributed by atoms with E-state index in [4.69, 9.17) is 5.73 Å². The molecule has 0 aromatic heterocycles. The summed E-state index contributed by atoms with van der Waals surface area (Å²) in [5.41, 5.74) is 7.86. The molecule has 1 aromatic rings. The summed E-state index contributed by atoms with van der Waals surface area (Å²) in [4.78, 5) is 0. The highest BCUT2D eigenvalue weighted by Crippen LogP contribution is 2.49. The molecule has 0 aliphatic heterocycles. The molecule has 2 atom stereocenters. The summed E-state index contributed by atoms with van der Waals surface area (Å²) in [6, 6.07) is 5.21. The van der Waals surface area contributed by atoms with Gasteiger partial charge in [-0.25, -0.2) is 0 Å². The van der Waals surface area contributed by atoms with Crippen LogP contribution >= 0.6 is 0 Å². The SMILES string of the molecule is Cc1ccc([C@H]2[C@@H](O)C2(O)O)cc1N. The molecule has 1 fully saturated rings. The van der Waals surface area contributed by atoms with Crippen LogP contribution in [0.1, 0.15) is 17.0 Å². The Kier molecular flexibility index (Phi) is 1.82. The van der Waals surface area contributed by atoms with Gasteiger partial charge >= 0.3 is 0 Å². The van der Waals surface area contributed by atoms with Gasteiger partial charge in [0.2, 0.25) is 0 Å². The van der Waals surface area contributed by atoms with Gasteiger partial charge in [-0.1, -0.05) is 12.1 Å². The molecule has 0 heterocycles. The van der Waals surface area contributed by atoms with Gasteiger partial charge in [-0.3, -0.25) is 0 Å². The molecule has 0 bridgehead atoms. The van der Waals surface area contributed by atoms with E-state index in [0.717, 1.165) is 5.56 Å². The second-order valence-corrected chi connectivity index (χ2v) is 3.82. The predicted molar refractivity (Wildman–Crippen MR) is 51.5 cm³/mol. The molecule has 1 aliphatic rings. The maximum absolute atomic E-state index is 9.24. The van der Waals surface area contributed by atoms with Crippen molar-refractivity contribution in [2.24, 2.45) is 0 Å². The molecule has 5 N–H and O–H groups in total. The average molecular weight is 195 g/mol.